The zero-order valence-corrected chi connectivity index (χ0v) is 17.5. The molecule has 2 aromatic rings. The first kappa shape index (κ1) is 20.4. The van der Waals surface area contributed by atoms with Gasteiger partial charge in [0.2, 0.25) is 20.9 Å². The van der Waals surface area contributed by atoms with Gasteiger partial charge in [-0.15, -0.1) is 0 Å². The Kier molecular flexibility index (Phi) is 4.86. The Morgan fingerprint density at radius 1 is 1.00 bits per heavy atom. The maximum absolute atomic E-state index is 13.3. The van der Waals surface area contributed by atoms with Crippen molar-refractivity contribution in [1.29, 1.82) is 5.26 Å². The molecule has 0 amide bonds. The van der Waals surface area contributed by atoms with Crippen LogP contribution in [0.4, 0.5) is 0 Å². The molecule has 0 aromatic heterocycles. The molecule has 0 saturated carbocycles. The van der Waals surface area contributed by atoms with Crippen LogP contribution in [0.3, 0.4) is 0 Å². The minimum absolute atomic E-state index is 0.121. The molecule has 0 saturated heterocycles. The second-order valence-corrected chi connectivity index (χ2v) is 9.07. The van der Waals surface area contributed by atoms with E-state index in [0.717, 1.165) is 5.56 Å². The van der Waals surface area contributed by atoms with E-state index in [1.807, 2.05) is 36.4 Å². The molecule has 30 heavy (non-hydrogen) atoms. The van der Waals surface area contributed by atoms with Crippen LogP contribution < -0.4 is 5.73 Å². The molecule has 0 unspecified atom stereocenters. The van der Waals surface area contributed by atoms with Crippen LogP contribution in [0.15, 0.2) is 71.0 Å². The van der Waals surface area contributed by atoms with Crippen molar-refractivity contribution in [3.8, 4) is 6.07 Å². The molecule has 2 aliphatic rings. The number of benzene rings is 2. The number of nitrogens with zero attached hydrogens (tertiary/aromatic N) is 3. The summed E-state index contributed by atoms with van der Waals surface area (Å²) in [5.74, 6) is -1.71. The number of hydrogen-bond acceptors (Lipinski definition) is 6. The highest BCUT2D eigenvalue weighted by Crippen LogP contribution is 2.45. The summed E-state index contributed by atoms with van der Waals surface area (Å²) in [6, 6.07) is 17.2. The third-order valence-electron chi connectivity index (χ3n) is 5.06. The van der Waals surface area contributed by atoms with Crippen LogP contribution in [0.5, 0.6) is 0 Å². The van der Waals surface area contributed by atoms with Gasteiger partial charge in [0, 0.05) is 11.1 Å². The smallest absolute Gasteiger partial charge is 0.248 e. The molecule has 2 N–H and O–H groups in total. The maximum atomic E-state index is 13.3. The largest absolute Gasteiger partial charge is 0.384 e. The van der Waals surface area contributed by atoms with Crippen molar-refractivity contribution in [1.82, 2.24) is 4.90 Å². The van der Waals surface area contributed by atoms with E-state index < -0.39 is 20.9 Å². The van der Waals surface area contributed by atoms with Crippen LogP contribution in [0.1, 0.15) is 26.3 Å². The van der Waals surface area contributed by atoms with Crippen LogP contribution >= 0.6 is 34.8 Å². The van der Waals surface area contributed by atoms with Crippen molar-refractivity contribution >= 4 is 52.2 Å². The molecule has 0 bridgehead atoms. The summed E-state index contributed by atoms with van der Waals surface area (Å²) in [4.78, 5) is 32.3. The first-order valence-corrected chi connectivity index (χ1v) is 9.92. The van der Waals surface area contributed by atoms with E-state index >= 15 is 0 Å². The lowest BCUT2D eigenvalue weighted by atomic mass is 9.84. The molecule has 0 fully saturated rings. The standard InChI is InChI=1S/C21H13Cl3N4O2/c22-21(23,24)19-27-20(16(29)13-8-4-5-9-14(13)17(20)30)15(10-25)18(26)28(19)11-12-6-2-1-3-7-12/h1-9H,11,26H2. The van der Waals surface area contributed by atoms with Crippen molar-refractivity contribution in [3.63, 3.8) is 0 Å². The second kappa shape index (κ2) is 7.13. The highest BCUT2D eigenvalue weighted by atomic mass is 35.6. The monoisotopic (exact) mass is 458 g/mol. The molecule has 1 aliphatic heterocycles. The molecule has 0 atom stereocenters. The average molecular weight is 460 g/mol. The van der Waals surface area contributed by atoms with Gasteiger partial charge in [-0.1, -0.05) is 89.4 Å². The summed E-state index contributed by atoms with van der Waals surface area (Å²) in [7, 11) is 0. The summed E-state index contributed by atoms with van der Waals surface area (Å²) in [5.41, 5.74) is 4.90. The number of ketones is 2. The van der Waals surface area contributed by atoms with Gasteiger partial charge < -0.3 is 10.6 Å². The van der Waals surface area contributed by atoms with E-state index in [1.54, 1.807) is 12.1 Å². The van der Waals surface area contributed by atoms with Gasteiger partial charge in [-0.3, -0.25) is 9.59 Å². The predicted octanol–water partition coefficient (Wildman–Crippen LogP) is 3.78. The topological polar surface area (TPSA) is 99.5 Å². The molecular formula is C21H13Cl3N4O2. The van der Waals surface area contributed by atoms with Crippen LogP contribution in [-0.4, -0.2) is 31.6 Å². The Morgan fingerprint density at radius 3 is 2.03 bits per heavy atom. The zero-order valence-electron chi connectivity index (χ0n) is 15.3. The fourth-order valence-electron chi connectivity index (χ4n) is 3.69. The normalized spacial score (nSPS) is 17.8. The Bertz CT molecular complexity index is 1140. The van der Waals surface area contributed by atoms with Crippen LogP contribution in [-0.2, 0) is 6.54 Å². The number of nitrogens with two attached hydrogens (primary N) is 1. The van der Waals surface area contributed by atoms with Gasteiger partial charge in [0.25, 0.3) is 0 Å². The number of carbonyl (C=O) groups is 2. The van der Waals surface area contributed by atoms with Crippen LogP contribution in [0.2, 0.25) is 0 Å². The summed E-state index contributed by atoms with van der Waals surface area (Å²) < 4.78 is -2.11. The Labute approximate surface area is 187 Å². The third kappa shape index (κ3) is 2.90. The Hall–Kier alpha value is -2.85. The number of nitriles is 1. The van der Waals surface area contributed by atoms with Gasteiger partial charge >= 0.3 is 0 Å². The van der Waals surface area contributed by atoms with E-state index in [-0.39, 0.29) is 34.9 Å². The number of carbonyl (C=O) groups excluding carboxylic acids is 2. The van der Waals surface area contributed by atoms with Gasteiger partial charge in [0.05, 0.1) is 6.54 Å². The average Bonchev–Trinajstić information content (AvgIpc) is 2.93. The molecule has 1 aliphatic carbocycles. The second-order valence-electron chi connectivity index (χ2n) is 6.79. The van der Waals surface area contributed by atoms with Gasteiger partial charge in [-0.05, 0) is 5.56 Å². The molecular weight excluding hydrogens is 447 g/mol. The first-order valence-electron chi connectivity index (χ1n) is 8.79. The highest BCUT2D eigenvalue weighted by molar-refractivity contribution is 6.76. The lowest BCUT2D eigenvalue weighted by Gasteiger charge is -2.38. The van der Waals surface area contributed by atoms with Crippen molar-refractivity contribution in [2.45, 2.75) is 15.9 Å². The minimum atomic E-state index is -2.20. The number of alkyl halides is 3. The number of aliphatic imine (C=N–C) groups is 1. The van der Waals surface area contributed by atoms with Crippen molar-refractivity contribution in [3.05, 3.63) is 82.7 Å². The molecule has 4 rings (SSSR count). The van der Waals surface area contributed by atoms with Gasteiger partial charge in [0.1, 0.15) is 17.5 Å². The number of amidine groups is 1. The van der Waals surface area contributed by atoms with Crippen molar-refractivity contribution in [2.75, 3.05) is 0 Å². The minimum Gasteiger partial charge on any atom is -0.384 e. The SMILES string of the molecule is N#CC1=C(N)N(Cc2ccccc2)C(C(Cl)(Cl)Cl)=NC12C(=O)c1ccccc1C2=O. The van der Waals surface area contributed by atoms with E-state index in [4.69, 9.17) is 40.5 Å². The quantitative estimate of drug-likeness (QED) is 0.544. The molecule has 0 radical (unpaired) electrons. The maximum Gasteiger partial charge on any atom is 0.248 e. The molecule has 2 aromatic carbocycles. The first-order chi connectivity index (χ1) is 14.2. The van der Waals surface area contributed by atoms with E-state index in [2.05, 4.69) is 4.99 Å². The van der Waals surface area contributed by atoms with E-state index in [0.29, 0.717) is 0 Å². The molecule has 9 heteroatoms. The summed E-state index contributed by atoms with van der Waals surface area (Å²) >= 11 is 18.5. The van der Waals surface area contributed by atoms with Crippen LogP contribution in [0, 0.1) is 11.3 Å². The van der Waals surface area contributed by atoms with E-state index in [1.165, 1.54) is 17.0 Å². The number of Topliss-reactive ketones (excluding diaryl/α,β-unsaturated/α-hetero) is 2. The Morgan fingerprint density at radius 2 is 1.53 bits per heavy atom. The fourth-order valence-corrected chi connectivity index (χ4v) is 4.12. The summed E-state index contributed by atoms with van der Waals surface area (Å²) in [5, 5.41) is 9.89. The van der Waals surface area contributed by atoms with Crippen molar-refractivity contribution in [2.24, 2.45) is 10.7 Å². The number of hydrogen-bond donors (Lipinski definition) is 1. The zero-order chi connectivity index (χ0) is 21.7. The van der Waals surface area contributed by atoms with Crippen LogP contribution in [0.25, 0.3) is 0 Å². The number of halogens is 3. The highest BCUT2D eigenvalue weighted by Gasteiger charge is 2.60. The fraction of sp³-hybridized carbons (Fsp3) is 0.143. The van der Waals surface area contributed by atoms with Gasteiger partial charge in [-0.25, -0.2) is 4.99 Å². The van der Waals surface area contributed by atoms with Crippen molar-refractivity contribution < 1.29 is 9.59 Å². The molecule has 1 heterocycles. The van der Waals surface area contributed by atoms with Gasteiger partial charge in [0.15, 0.2) is 5.84 Å². The molecule has 6 nitrogen and oxygen atoms in total. The molecule has 150 valence electrons. The third-order valence-corrected chi connectivity index (χ3v) is 5.57. The summed E-state index contributed by atoms with van der Waals surface area (Å²) in [6.07, 6.45) is 0. The summed E-state index contributed by atoms with van der Waals surface area (Å²) in [6.45, 7) is 0.121. The predicted molar refractivity (Wildman–Crippen MR) is 114 cm³/mol. The lowest BCUT2D eigenvalue weighted by Crippen LogP contribution is -2.54. The number of fused-ring (bicyclic) bond motifs is 1. The number of rotatable bonds is 2. The van der Waals surface area contributed by atoms with E-state index in [9.17, 15) is 14.9 Å². The molecule has 1 spiro atoms. The Balaban J connectivity index is 1.95. The lowest BCUT2D eigenvalue weighted by molar-refractivity contribution is 0.0830. The van der Waals surface area contributed by atoms with Gasteiger partial charge in [-0.2, -0.15) is 5.26 Å².